The summed E-state index contributed by atoms with van der Waals surface area (Å²) in [5, 5.41) is 11.9. The molecule has 3 rings (SSSR count). The van der Waals surface area contributed by atoms with E-state index in [1.807, 2.05) is 12.1 Å². The molecule has 1 heterocycles. The molecule has 3 nitrogen and oxygen atoms in total. The Bertz CT molecular complexity index is 556. The minimum Gasteiger partial charge on any atom is -0.366 e. The lowest BCUT2D eigenvalue weighted by Crippen LogP contribution is -2.04. The maximum atomic E-state index is 4.31. The van der Waals surface area contributed by atoms with Crippen LogP contribution >= 0.6 is 0 Å². The van der Waals surface area contributed by atoms with Crippen molar-refractivity contribution in [2.24, 2.45) is 0 Å². The van der Waals surface area contributed by atoms with Gasteiger partial charge in [-0.1, -0.05) is 23.8 Å². The third kappa shape index (κ3) is 2.35. The molecular formula is C15H17N3. The van der Waals surface area contributed by atoms with Crippen molar-refractivity contribution in [2.75, 3.05) is 5.32 Å². The Morgan fingerprint density at radius 1 is 1.06 bits per heavy atom. The first kappa shape index (κ1) is 11.2. The highest BCUT2D eigenvalue weighted by Gasteiger charge is 2.21. The van der Waals surface area contributed by atoms with E-state index in [0.717, 1.165) is 17.1 Å². The van der Waals surface area contributed by atoms with Crippen molar-refractivity contribution in [3.8, 4) is 11.3 Å². The lowest BCUT2D eigenvalue weighted by molar-refractivity contribution is 1.00. The number of nitrogens with one attached hydrogen (secondary N) is 1. The average Bonchev–Trinajstić information content (AvgIpc) is 3.15. The molecule has 1 saturated carbocycles. The van der Waals surface area contributed by atoms with E-state index in [1.165, 1.54) is 24.0 Å². The number of hydrogen-bond acceptors (Lipinski definition) is 3. The Kier molecular flexibility index (Phi) is 2.74. The van der Waals surface area contributed by atoms with Crippen LogP contribution in [-0.4, -0.2) is 16.2 Å². The molecule has 92 valence electrons. The predicted molar refractivity (Wildman–Crippen MR) is 73.6 cm³/mol. The molecule has 0 aliphatic heterocycles. The summed E-state index contributed by atoms with van der Waals surface area (Å²) in [6.45, 7) is 4.21. The first-order valence-corrected chi connectivity index (χ1v) is 6.40. The molecule has 0 bridgehead atoms. The van der Waals surface area contributed by atoms with Gasteiger partial charge < -0.3 is 5.32 Å². The highest BCUT2D eigenvalue weighted by Crippen LogP contribution is 2.25. The third-order valence-corrected chi connectivity index (χ3v) is 3.25. The Morgan fingerprint density at radius 3 is 2.50 bits per heavy atom. The van der Waals surface area contributed by atoms with E-state index in [2.05, 4.69) is 47.6 Å². The lowest BCUT2D eigenvalue weighted by atomic mass is 10.0. The molecule has 0 unspecified atom stereocenters. The van der Waals surface area contributed by atoms with Crippen LogP contribution in [0.2, 0.25) is 0 Å². The van der Waals surface area contributed by atoms with Gasteiger partial charge in [-0.15, -0.1) is 10.2 Å². The maximum absolute atomic E-state index is 4.31. The van der Waals surface area contributed by atoms with Crippen molar-refractivity contribution < 1.29 is 0 Å². The standard InChI is InChI=1S/C15H17N3/c1-10-3-6-13(11(2)9-10)14-7-8-15(18-17-14)16-12-4-5-12/h3,6-9,12H,4-5H2,1-2H3,(H,16,18). The third-order valence-electron chi connectivity index (χ3n) is 3.25. The van der Waals surface area contributed by atoms with Gasteiger partial charge in [-0.25, -0.2) is 0 Å². The summed E-state index contributed by atoms with van der Waals surface area (Å²) in [6, 6.07) is 11.1. The molecule has 1 N–H and O–H groups in total. The smallest absolute Gasteiger partial charge is 0.148 e. The number of nitrogens with zero attached hydrogens (tertiary/aromatic N) is 2. The van der Waals surface area contributed by atoms with E-state index >= 15 is 0 Å². The van der Waals surface area contributed by atoms with E-state index in [4.69, 9.17) is 0 Å². The minimum absolute atomic E-state index is 0.617. The molecule has 1 fully saturated rings. The normalized spacial score (nSPS) is 14.6. The molecular weight excluding hydrogens is 222 g/mol. The van der Waals surface area contributed by atoms with Crippen LogP contribution in [0, 0.1) is 13.8 Å². The van der Waals surface area contributed by atoms with Gasteiger partial charge in [0.1, 0.15) is 5.82 Å². The highest BCUT2D eigenvalue weighted by molar-refractivity contribution is 5.64. The van der Waals surface area contributed by atoms with Crippen LogP contribution in [0.15, 0.2) is 30.3 Å². The van der Waals surface area contributed by atoms with Crippen molar-refractivity contribution in [1.29, 1.82) is 0 Å². The van der Waals surface area contributed by atoms with Crippen molar-refractivity contribution in [1.82, 2.24) is 10.2 Å². The molecule has 0 amide bonds. The zero-order chi connectivity index (χ0) is 12.5. The van der Waals surface area contributed by atoms with Gasteiger partial charge in [0.25, 0.3) is 0 Å². The average molecular weight is 239 g/mol. The van der Waals surface area contributed by atoms with E-state index in [-0.39, 0.29) is 0 Å². The number of benzene rings is 1. The Hall–Kier alpha value is -1.90. The van der Waals surface area contributed by atoms with Gasteiger partial charge in [-0.05, 0) is 44.4 Å². The molecule has 0 radical (unpaired) electrons. The largest absolute Gasteiger partial charge is 0.366 e. The van der Waals surface area contributed by atoms with Gasteiger partial charge >= 0.3 is 0 Å². The molecule has 2 aromatic rings. The summed E-state index contributed by atoms with van der Waals surface area (Å²) < 4.78 is 0. The van der Waals surface area contributed by atoms with Gasteiger partial charge in [-0.3, -0.25) is 0 Å². The number of hydrogen-bond donors (Lipinski definition) is 1. The summed E-state index contributed by atoms with van der Waals surface area (Å²) in [5.41, 5.74) is 4.61. The molecule has 0 atom stereocenters. The first-order valence-electron chi connectivity index (χ1n) is 6.40. The molecule has 0 saturated heterocycles. The first-order chi connectivity index (χ1) is 8.72. The van der Waals surface area contributed by atoms with Crippen LogP contribution < -0.4 is 5.32 Å². The Labute approximate surface area is 107 Å². The monoisotopic (exact) mass is 239 g/mol. The summed E-state index contributed by atoms with van der Waals surface area (Å²) in [4.78, 5) is 0. The van der Waals surface area contributed by atoms with E-state index in [0.29, 0.717) is 6.04 Å². The summed E-state index contributed by atoms with van der Waals surface area (Å²) in [7, 11) is 0. The molecule has 1 aliphatic rings. The summed E-state index contributed by atoms with van der Waals surface area (Å²) in [6.07, 6.45) is 2.50. The van der Waals surface area contributed by atoms with Crippen LogP contribution in [0.5, 0.6) is 0 Å². The van der Waals surface area contributed by atoms with Crippen molar-refractivity contribution in [3.05, 3.63) is 41.5 Å². The van der Waals surface area contributed by atoms with Crippen LogP contribution in [0.1, 0.15) is 24.0 Å². The second-order valence-corrected chi connectivity index (χ2v) is 5.04. The van der Waals surface area contributed by atoms with E-state index in [1.54, 1.807) is 0 Å². The quantitative estimate of drug-likeness (QED) is 0.892. The maximum Gasteiger partial charge on any atom is 0.148 e. The Balaban J connectivity index is 1.86. The lowest BCUT2D eigenvalue weighted by Gasteiger charge is -2.07. The molecule has 1 aliphatic carbocycles. The van der Waals surface area contributed by atoms with Gasteiger partial charge in [0.05, 0.1) is 5.69 Å². The van der Waals surface area contributed by atoms with Crippen molar-refractivity contribution in [2.45, 2.75) is 32.7 Å². The SMILES string of the molecule is Cc1ccc(-c2ccc(NC3CC3)nn2)c(C)c1. The van der Waals surface area contributed by atoms with Crippen LogP contribution in [0.3, 0.4) is 0 Å². The van der Waals surface area contributed by atoms with Crippen LogP contribution in [0.25, 0.3) is 11.3 Å². The topological polar surface area (TPSA) is 37.8 Å². The molecule has 18 heavy (non-hydrogen) atoms. The van der Waals surface area contributed by atoms with Crippen molar-refractivity contribution >= 4 is 5.82 Å². The van der Waals surface area contributed by atoms with Gasteiger partial charge in [0.15, 0.2) is 0 Å². The molecule has 1 aromatic carbocycles. The number of aryl methyl sites for hydroxylation is 2. The van der Waals surface area contributed by atoms with Gasteiger partial charge in [-0.2, -0.15) is 0 Å². The second-order valence-electron chi connectivity index (χ2n) is 5.04. The number of rotatable bonds is 3. The van der Waals surface area contributed by atoms with Crippen LogP contribution in [-0.2, 0) is 0 Å². The van der Waals surface area contributed by atoms with Crippen molar-refractivity contribution in [3.63, 3.8) is 0 Å². The van der Waals surface area contributed by atoms with Crippen LogP contribution in [0.4, 0.5) is 5.82 Å². The fraction of sp³-hybridized carbons (Fsp3) is 0.333. The summed E-state index contributed by atoms with van der Waals surface area (Å²) >= 11 is 0. The highest BCUT2D eigenvalue weighted by atomic mass is 15.2. The fourth-order valence-electron chi connectivity index (χ4n) is 2.09. The second kappa shape index (κ2) is 4.41. The van der Waals surface area contributed by atoms with Gasteiger partial charge in [0.2, 0.25) is 0 Å². The Morgan fingerprint density at radius 2 is 1.89 bits per heavy atom. The molecule has 1 aromatic heterocycles. The zero-order valence-electron chi connectivity index (χ0n) is 10.8. The van der Waals surface area contributed by atoms with E-state index in [9.17, 15) is 0 Å². The van der Waals surface area contributed by atoms with Gasteiger partial charge in [0, 0.05) is 11.6 Å². The fourth-order valence-corrected chi connectivity index (χ4v) is 2.09. The molecule has 3 heteroatoms. The predicted octanol–water partition coefficient (Wildman–Crippen LogP) is 3.33. The number of aromatic nitrogens is 2. The number of anilines is 1. The minimum atomic E-state index is 0.617. The van der Waals surface area contributed by atoms with E-state index < -0.39 is 0 Å². The zero-order valence-corrected chi connectivity index (χ0v) is 10.8. The molecule has 0 spiro atoms. The summed E-state index contributed by atoms with van der Waals surface area (Å²) in [5.74, 6) is 0.881.